The van der Waals surface area contributed by atoms with Crippen molar-refractivity contribution in [1.82, 2.24) is 9.80 Å². The molecule has 210 valence electrons. The number of nitrogens with zero attached hydrogens (tertiary/aromatic N) is 3. The number of likely N-dealkylation sites (tertiary alicyclic amines) is 1. The third kappa shape index (κ3) is 8.09. The highest BCUT2D eigenvalue weighted by atomic mass is 16.5. The minimum absolute atomic E-state index is 0.0334. The Balaban J connectivity index is 1.19. The van der Waals surface area contributed by atoms with E-state index in [4.69, 9.17) is 4.74 Å². The number of piperazine rings is 1. The van der Waals surface area contributed by atoms with Gasteiger partial charge in [0.15, 0.2) is 0 Å². The second kappa shape index (κ2) is 14.2. The van der Waals surface area contributed by atoms with Crippen molar-refractivity contribution in [3.05, 3.63) is 65.7 Å². The van der Waals surface area contributed by atoms with Crippen LogP contribution in [0.1, 0.15) is 55.5 Å². The van der Waals surface area contributed by atoms with Gasteiger partial charge in [0.2, 0.25) is 0 Å². The van der Waals surface area contributed by atoms with Crippen LogP contribution < -0.4 is 9.64 Å². The highest BCUT2D eigenvalue weighted by molar-refractivity contribution is 5.94. The summed E-state index contributed by atoms with van der Waals surface area (Å²) >= 11 is 0. The number of anilines is 1. The van der Waals surface area contributed by atoms with Crippen LogP contribution in [0.4, 0.5) is 5.69 Å². The first-order chi connectivity index (χ1) is 19.0. The first kappa shape index (κ1) is 28.7. The molecule has 2 atom stereocenters. The highest BCUT2D eigenvalue weighted by Gasteiger charge is 2.24. The number of esters is 1. The van der Waals surface area contributed by atoms with Crippen molar-refractivity contribution in [2.24, 2.45) is 5.92 Å². The molecular formula is C32H43N3O4. The van der Waals surface area contributed by atoms with Crippen LogP contribution in [0.15, 0.2) is 54.6 Å². The van der Waals surface area contributed by atoms with Gasteiger partial charge in [-0.15, -0.1) is 0 Å². The Morgan fingerprint density at radius 2 is 1.69 bits per heavy atom. The molecular weight excluding hydrogens is 490 g/mol. The van der Waals surface area contributed by atoms with Crippen LogP contribution in [0.25, 0.3) is 6.08 Å². The second-order valence-electron chi connectivity index (χ2n) is 10.6. The zero-order valence-electron chi connectivity index (χ0n) is 23.7. The summed E-state index contributed by atoms with van der Waals surface area (Å²) in [6, 6.07) is 16.3. The summed E-state index contributed by atoms with van der Waals surface area (Å²) in [4.78, 5) is 31.1. The van der Waals surface area contributed by atoms with Crippen LogP contribution in [-0.4, -0.2) is 80.7 Å². The van der Waals surface area contributed by atoms with Gasteiger partial charge in [0, 0.05) is 62.6 Å². The number of piperidine rings is 1. The minimum atomic E-state index is -0.404. The molecule has 2 aliphatic heterocycles. The average molecular weight is 534 g/mol. The molecule has 0 radical (unpaired) electrons. The van der Waals surface area contributed by atoms with E-state index in [1.165, 1.54) is 39.0 Å². The number of methoxy groups -OCH3 is 1. The van der Waals surface area contributed by atoms with E-state index in [2.05, 4.69) is 52.6 Å². The Hall–Kier alpha value is -3.32. The number of hydrogen-bond acceptors (Lipinski definition) is 6. The predicted octanol–water partition coefficient (Wildman–Crippen LogP) is 5.11. The molecule has 2 heterocycles. The van der Waals surface area contributed by atoms with Gasteiger partial charge in [-0.25, -0.2) is 4.79 Å². The van der Waals surface area contributed by atoms with Crippen molar-refractivity contribution >= 4 is 23.6 Å². The molecule has 4 rings (SSSR count). The summed E-state index contributed by atoms with van der Waals surface area (Å²) in [6.07, 6.45) is 8.05. The molecule has 39 heavy (non-hydrogen) atoms. The van der Waals surface area contributed by atoms with E-state index < -0.39 is 5.97 Å². The molecule has 2 aliphatic rings. The van der Waals surface area contributed by atoms with Gasteiger partial charge in [0.05, 0.1) is 13.7 Å². The zero-order chi connectivity index (χ0) is 27.6. The molecule has 2 unspecified atom stereocenters. The monoisotopic (exact) mass is 533 g/mol. The lowest BCUT2D eigenvalue weighted by molar-refractivity contribution is -0.134. The lowest BCUT2D eigenvalue weighted by atomic mass is 9.91. The van der Waals surface area contributed by atoms with Crippen molar-refractivity contribution in [2.45, 2.75) is 45.6 Å². The Kier molecular flexibility index (Phi) is 10.4. The van der Waals surface area contributed by atoms with Crippen LogP contribution in [-0.2, 0) is 9.53 Å². The number of carbonyl (C=O) groups is 2. The van der Waals surface area contributed by atoms with E-state index in [-0.39, 0.29) is 5.91 Å². The van der Waals surface area contributed by atoms with Crippen LogP contribution in [0, 0.1) is 5.92 Å². The molecule has 1 amide bonds. The molecule has 0 N–H and O–H groups in total. The van der Waals surface area contributed by atoms with Crippen molar-refractivity contribution in [3.8, 4) is 5.75 Å². The second-order valence-corrected chi connectivity index (χ2v) is 10.6. The molecule has 2 fully saturated rings. The summed E-state index contributed by atoms with van der Waals surface area (Å²) in [5.74, 6) is 1.39. The summed E-state index contributed by atoms with van der Waals surface area (Å²) < 4.78 is 10.7. The standard InChI is InChI=1S/C32H43N3O4/c1-4-26-7-6-25(2)35(24-26)18-5-23-39-30-15-13-29(14-16-30)33-19-21-34(22-20-33)32(37)28-11-8-27(9-12-28)10-17-31(36)38-3/h8-17,25-26H,4-7,18-24H2,1-3H3/b17-10+. The maximum absolute atomic E-state index is 13.0. The highest BCUT2D eigenvalue weighted by Crippen LogP contribution is 2.25. The van der Waals surface area contributed by atoms with Crippen LogP contribution >= 0.6 is 0 Å². The number of carbonyl (C=O) groups excluding carboxylic acids is 2. The number of ether oxygens (including phenoxy) is 2. The first-order valence-corrected chi connectivity index (χ1v) is 14.3. The fraction of sp³-hybridized carbons (Fsp3) is 0.500. The van der Waals surface area contributed by atoms with Crippen molar-refractivity contribution in [2.75, 3.05) is 57.9 Å². The van der Waals surface area contributed by atoms with E-state index in [9.17, 15) is 9.59 Å². The maximum atomic E-state index is 13.0. The van der Waals surface area contributed by atoms with E-state index >= 15 is 0 Å². The molecule has 2 aromatic carbocycles. The average Bonchev–Trinajstić information content (AvgIpc) is 2.99. The van der Waals surface area contributed by atoms with Gasteiger partial charge in [-0.1, -0.05) is 25.5 Å². The Labute approximate surface area is 233 Å². The summed E-state index contributed by atoms with van der Waals surface area (Å²) in [5, 5.41) is 0. The maximum Gasteiger partial charge on any atom is 0.330 e. The zero-order valence-corrected chi connectivity index (χ0v) is 23.7. The summed E-state index contributed by atoms with van der Waals surface area (Å²) in [7, 11) is 1.34. The Bertz CT molecular complexity index is 1090. The molecule has 2 saturated heterocycles. The minimum Gasteiger partial charge on any atom is -0.494 e. The van der Waals surface area contributed by atoms with E-state index in [0.29, 0.717) is 24.7 Å². The van der Waals surface area contributed by atoms with Gasteiger partial charge in [-0.05, 0) is 80.1 Å². The molecule has 0 aromatic heterocycles. The van der Waals surface area contributed by atoms with Crippen molar-refractivity contribution < 1.29 is 19.1 Å². The predicted molar refractivity (Wildman–Crippen MR) is 156 cm³/mol. The van der Waals surface area contributed by atoms with Gasteiger partial charge < -0.3 is 24.2 Å². The number of benzene rings is 2. The smallest absolute Gasteiger partial charge is 0.330 e. The van der Waals surface area contributed by atoms with E-state index in [1.54, 1.807) is 18.2 Å². The Morgan fingerprint density at radius 3 is 2.36 bits per heavy atom. The summed E-state index contributed by atoms with van der Waals surface area (Å²) in [5.41, 5.74) is 2.65. The van der Waals surface area contributed by atoms with Crippen molar-refractivity contribution in [1.29, 1.82) is 0 Å². The summed E-state index contributed by atoms with van der Waals surface area (Å²) in [6.45, 7) is 10.7. The normalized spacial score (nSPS) is 20.3. The molecule has 7 nitrogen and oxygen atoms in total. The first-order valence-electron chi connectivity index (χ1n) is 14.3. The van der Waals surface area contributed by atoms with Gasteiger partial charge >= 0.3 is 5.97 Å². The number of hydrogen-bond donors (Lipinski definition) is 0. The lowest BCUT2D eigenvalue weighted by Gasteiger charge is -2.37. The molecule has 7 heteroatoms. The van der Waals surface area contributed by atoms with Crippen LogP contribution in [0.5, 0.6) is 5.75 Å². The van der Waals surface area contributed by atoms with Gasteiger partial charge in [-0.3, -0.25) is 4.79 Å². The fourth-order valence-corrected chi connectivity index (χ4v) is 5.44. The van der Waals surface area contributed by atoms with Crippen LogP contribution in [0.3, 0.4) is 0 Å². The molecule has 0 saturated carbocycles. The van der Waals surface area contributed by atoms with E-state index in [1.807, 2.05) is 17.0 Å². The molecule has 0 bridgehead atoms. The quantitative estimate of drug-likeness (QED) is 0.240. The van der Waals surface area contributed by atoms with Crippen molar-refractivity contribution in [3.63, 3.8) is 0 Å². The van der Waals surface area contributed by atoms with Gasteiger partial charge in [0.1, 0.15) is 5.75 Å². The molecule has 0 spiro atoms. The Morgan fingerprint density at radius 1 is 0.974 bits per heavy atom. The third-order valence-electron chi connectivity index (χ3n) is 8.08. The SMILES string of the molecule is CCC1CCC(C)N(CCCOc2ccc(N3CCN(C(=O)c4ccc(/C=C/C(=O)OC)cc4)CC3)cc2)C1. The molecule has 2 aromatic rings. The fourth-order valence-electron chi connectivity index (χ4n) is 5.44. The third-order valence-corrected chi connectivity index (χ3v) is 8.08. The lowest BCUT2D eigenvalue weighted by Crippen LogP contribution is -2.48. The van der Waals surface area contributed by atoms with Gasteiger partial charge in [-0.2, -0.15) is 0 Å². The number of amides is 1. The number of rotatable bonds is 10. The molecule has 0 aliphatic carbocycles. The largest absolute Gasteiger partial charge is 0.494 e. The van der Waals surface area contributed by atoms with Gasteiger partial charge in [0.25, 0.3) is 5.91 Å². The van der Waals surface area contributed by atoms with Crippen LogP contribution in [0.2, 0.25) is 0 Å². The topological polar surface area (TPSA) is 62.3 Å². The van der Waals surface area contributed by atoms with E-state index in [0.717, 1.165) is 55.6 Å².